The Kier molecular flexibility index (Phi) is 7.29. The SMILES string of the molecule is COC(=O)c1ccc2c(c1)COc1cc3c(cc1OC2)C(=N)N(CC(=O)c1cc(C(C)(C)C)c(O)c(C(C)(C)C)c1)C3. The first-order chi connectivity index (χ1) is 19.7. The molecule has 2 heterocycles. The van der Waals surface area contributed by atoms with Gasteiger partial charge in [-0.05, 0) is 63.9 Å². The van der Waals surface area contributed by atoms with Crippen LogP contribution in [0.2, 0.25) is 0 Å². The van der Waals surface area contributed by atoms with Crippen molar-refractivity contribution in [3.05, 3.63) is 87.0 Å². The predicted molar refractivity (Wildman–Crippen MR) is 160 cm³/mol. The third kappa shape index (κ3) is 5.45. The highest BCUT2D eigenvalue weighted by Crippen LogP contribution is 2.41. The topological polar surface area (TPSA) is 109 Å². The number of ether oxygens (including phenoxy) is 3. The Morgan fingerprint density at radius 1 is 0.857 bits per heavy atom. The summed E-state index contributed by atoms with van der Waals surface area (Å²) < 4.78 is 17.1. The molecule has 220 valence electrons. The second-order valence-electron chi connectivity index (χ2n) is 13.1. The largest absolute Gasteiger partial charge is 0.507 e. The summed E-state index contributed by atoms with van der Waals surface area (Å²) in [5.41, 5.74) is 5.02. The van der Waals surface area contributed by atoms with Crippen LogP contribution >= 0.6 is 0 Å². The number of phenolic OH excluding ortho intramolecular Hbond substituents is 1. The third-order valence-electron chi connectivity index (χ3n) is 7.88. The van der Waals surface area contributed by atoms with E-state index in [1.807, 2.05) is 53.7 Å². The molecule has 0 unspecified atom stereocenters. The second-order valence-corrected chi connectivity index (χ2v) is 13.1. The van der Waals surface area contributed by atoms with E-state index >= 15 is 0 Å². The summed E-state index contributed by atoms with van der Waals surface area (Å²) in [7, 11) is 1.35. The molecule has 2 aliphatic heterocycles. The van der Waals surface area contributed by atoms with Gasteiger partial charge in [0.1, 0.15) is 24.8 Å². The van der Waals surface area contributed by atoms with E-state index in [-0.39, 0.29) is 48.0 Å². The molecular formula is C34H38N2O6. The lowest BCUT2D eigenvalue weighted by molar-refractivity contribution is 0.0600. The van der Waals surface area contributed by atoms with E-state index in [2.05, 4.69) is 0 Å². The Balaban J connectivity index is 1.38. The molecule has 0 saturated heterocycles. The van der Waals surface area contributed by atoms with E-state index in [0.717, 1.165) is 27.8 Å². The fraction of sp³-hybridized carbons (Fsp3) is 0.382. The summed E-state index contributed by atoms with van der Waals surface area (Å²) in [4.78, 5) is 27.4. The number of Topliss-reactive ketones (excluding diaryl/α,β-unsaturated/α-hetero) is 1. The molecule has 0 aromatic heterocycles. The minimum absolute atomic E-state index is 0.0274. The maximum absolute atomic E-state index is 13.6. The van der Waals surface area contributed by atoms with Crippen LogP contribution in [-0.4, -0.2) is 41.2 Å². The molecule has 2 N–H and O–H groups in total. The van der Waals surface area contributed by atoms with Crippen molar-refractivity contribution in [3.63, 3.8) is 0 Å². The van der Waals surface area contributed by atoms with Crippen LogP contribution in [0.1, 0.15) is 95.6 Å². The number of hydrogen-bond donors (Lipinski definition) is 2. The number of ketones is 1. The predicted octanol–water partition coefficient (Wildman–Crippen LogP) is 6.27. The number of rotatable bonds is 4. The molecule has 0 bridgehead atoms. The van der Waals surface area contributed by atoms with Crippen molar-refractivity contribution >= 4 is 17.6 Å². The number of fused-ring (bicyclic) bond motifs is 3. The van der Waals surface area contributed by atoms with Gasteiger partial charge in [0.25, 0.3) is 0 Å². The van der Waals surface area contributed by atoms with E-state index in [4.69, 9.17) is 19.6 Å². The smallest absolute Gasteiger partial charge is 0.337 e. The lowest BCUT2D eigenvalue weighted by Crippen LogP contribution is -2.30. The molecule has 0 amide bonds. The average molecular weight is 571 g/mol. The van der Waals surface area contributed by atoms with Gasteiger partial charge in [0.2, 0.25) is 0 Å². The zero-order chi connectivity index (χ0) is 30.6. The van der Waals surface area contributed by atoms with Gasteiger partial charge in [-0.3, -0.25) is 10.2 Å². The van der Waals surface area contributed by atoms with Gasteiger partial charge in [0, 0.05) is 28.8 Å². The molecule has 0 fully saturated rings. The number of phenols is 1. The molecule has 3 aromatic rings. The highest BCUT2D eigenvalue weighted by Gasteiger charge is 2.31. The third-order valence-corrected chi connectivity index (χ3v) is 7.88. The van der Waals surface area contributed by atoms with Gasteiger partial charge in [-0.15, -0.1) is 0 Å². The van der Waals surface area contributed by atoms with Gasteiger partial charge in [-0.25, -0.2) is 4.79 Å². The minimum Gasteiger partial charge on any atom is -0.507 e. The van der Waals surface area contributed by atoms with Crippen LogP contribution in [0.3, 0.4) is 0 Å². The monoisotopic (exact) mass is 570 g/mol. The molecule has 3 aromatic carbocycles. The number of nitrogens with one attached hydrogen (secondary N) is 1. The first kappa shape index (κ1) is 29.2. The van der Waals surface area contributed by atoms with Crippen LogP contribution in [0, 0.1) is 5.41 Å². The summed E-state index contributed by atoms with van der Waals surface area (Å²) in [6, 6.07) is 12.5. The summed E-state index contributed by atoms with van der Waals surface area (Å²) in [5, 5.41) is 19.9. The van der Waals surface area contributed by atoms with Gasteiger partial charge >= 0.3 is 5.97 Å². The van der Waals surface area contributed by atoms with Gasteiger partial charge < -0.3 is 24.2 Å². The summed E-state index contributed by atoms with van der Waals surface area (Å²) >= 11 is 0. The molecule has 0 atom stereocenters. The fourth-order valence-corrected chi connectivity index (χ4v) is 5.43. The van der Waals surface area contributed by atoms with Gasteiger partial charge in [0.15, 0.2) is 17.3 Å². The number of carbonyl (C=O) groups is 2. The van der Waals surface area contributed by atoms with E-state index in [9.17, 15) is 14.7 Å². The molecule has 0 spiro atoms. The van der Waals surface area contributed by atoms with Crippen LogP contribution < -0.4 is 9.47 Å². The van der Waals surface area contributed by atoms with Crippen LogP contribution in [-0.2, 0) is 35.3 Å². The lowest BCUT2D eigenvalue weighted by Gasteiger charge is -2.28. The van der Waals surface area contributed by atoms with Crippen molar-refractivity contribution < 1.29 is 28.9 Å². The van der Waals surface area contributed by atoms with Crippen LogP contribution in [0.5, 0.6) is 17.2 Å². The van der Waals surface area contributed by atoms with Crippen LogP contribution in [0.4, 0.5) is 0 Å². The molecule has 2 aliphatic rings. The van der Waals surface area contributed by atoms with E-state index in [1.54, 1.807) is 35.2 Å². The van der Waals surface area contributed by atoms with Crippen LogP contribution in [0.15, 0.2) is 42.5 Å². The maximum Gasteiger partial charge on any atom is 0.337 e. The molecular weight excluding hydrogens is 532 g/mol. The summed E-state index contributed by atoms with van der Waals surface area (Å²) in [6.07, 6.45) is 0. The molecule has 8 heteroatoms. The maximum atomic E-state index is 13.6. The number of carbonyl (C=O) groups excluding carboxylic acids is 2. The van der Waals surface area contributed by atoms with Crippen molar-refractivity contribution in [1.82, 2.24) is 4.90 Å². The summed E-state index contributed by atoms with van der Waals surface area (Å²) in [5.74, 6) is 1.02. The number of nitrogens with zero attached hydrogens (tertiary/aromatic N) is 1. The number of hydrogen-bond acceptors (Lipinski definition) is 7. The summed E-state index contributed by atoms with van der Waals surface area (Å²) in [6.45, 7) is 13.0. The molecule has 0 aliphatic carbocycles. The Labute approximate surface area is 246 Å². The number of benzene rings is 3. The van der Waals surface area contributed by atoms with Crippen molar-refractivity contribution in [3.8, 4) is 17.2 Å². The lowest BCUT2D eigenvalue weighted by atomic mass is 9.78. The van der Waals surface area contributed by atoms with E-state index in [1.165, 1.54) is 7.11 Å². The van der Waals surface area contributed by atoms with E-state index in [0.29, 0.717) is 34.7 Å². The number of amidine groups is 1. The molecule has 8 nitrogen and oxygen atoms in total. The number of aromatic hydroxyl groups is 1. The molecule has 0 saturated carbocycles. The number of esters is 1. The standard InChI is InChI=1S/C34H38N2O6/c1-33(2,3)25-11-21(12-26(30(25)38)34(4,5)6)27(37)16-36-15-22-13-28-29(14-24(22)31(36)35)41-17-20-9-8-19(32(39)40-7)10-23(20)18-42-28/h8-14,35,38H,15-18H2,1-7H3. The average Bonchev–Trinajstić information content (AvgIpc) is 3.21. The van der Waals surface area contributed by atoms with Crippen molar-refractivity contribution in [1.29, 1.82) is 5.41 Å². The van der Waals surface area contributed by atoms with Gasteiger partial charge in [0.05, 0.1) is 19.2 Å². The molecule has 5 rings (SSSR count). The Morgan fingerprint density at radius 3 is 2.05 bits per heavy atom. The quantitative estimate of drug-likeness (QED) is 0.281. The van der Waals surface area contributed by atoms with Crippen LogP contribution in [0.25, 0.3) is 0 Å². The first-order valence-electron chi connectivity index (χ1n) is 14.0. The Hall–Kier alpha value is -4.33. The van der Waals surface area contributed by atoms with Crippen molar-refractivity contribution in [2.75, 3.05) is 13.7 Å². The highest BCUT2D eigenvalue weighted by atomic mass is 16.5. The normalized spacial score (nSPS) is 14.5. The zero-order valence-corrected chi connectivity index (χ0v) is 25.3. The minimum atomic E-state index is -0.413. The zero-order valence-electron chi connectivity index (χ0n) is 25.3. The second kappa shape index (κ2) is 10.5. The number of methoxy groups -OCH3 is 1. The molecule has 0 radical (unpaired) electrons. The van der Waals surface area contributed by atoms with Crippen molar-refractivity contribution in [2.24, 2.45) is 0 Å². The molecule has 42 heavy (non-hydrogen) atoms. The Bertz CT molecular complexity index is 1570. The fourth-order valence-electron chi connectivity index (χ4n) is 5.43. The van der Waals surface area contributed by atoms with Gasteiger partial charge in [-0.2, -0.15) is 0 Å². The highest BCUT2D eigenvalue weighted by molar-refractivity contribution is 6.05. The Morgan fingerprint density at radius 2 is 1.45 bits per heavy atom. The van der Waals surface area contributed by atoms with E-state index < -0.39 is 5.97 Å². The first-order valence-corrected chi connectivity index (χ1v) is 14.0. The van der Waals surface area contributed by atoms with Crippen molar-refractivity contribution in [2.45, 2.75) is 72.1 Å². The van der Waals surface area contributed by atoms with Gasteiger partial charge in [-0.1, -0.05) is 47.6 Å².